The monoisotopic (exact) mass is 479 g/mol. The highest BCUT2D eigenvalue weighted by Crippen LogP contribution is 2.37. The summed E-state index contributed by atoms with van der Waals surface area (Å²) in [6, 6.07) is 7.03. The van der Waals surface area contributed by atoms with E-state index in [0.717, 1.165) is 54.5 Å². The van der Waals surface area contributed by atoms with E-state index in [0.29, 0.717) is 23.8 Å². The highest BCUT2D eigenvalue weighted by molar-refractivity contribution is 5.96. The number of nitrogens with one attached hydrogen (secondary N) is 3. The topological polar surface area (TPSA) is 61.9 Å². The number of hydrogen-bond acceptors (Lipinski definition) is 5. The Morgan fingerprint density at radius 2 is 1.86 bits per heavy atom. The number of fused-ring (bicyclic) bond motifs is 3. The highest BCUT2D eigenvalue weighted by atomic mass is 19.3. The number of nitrogens with zero attached hydrogens (tertiary/aromatic N) is 2. The van der Waals surface area contributed by atoms with E-state index in [2.05, 4.69) is 35.5 Å². The van der Waals surface area contributed by atoms with Crippen molar-refractivity contribution < 1.29 is 8.78 Å². The number of hydrogen-bond donors (Lipinski definition) is 3. The summed E-state index contributed by atoms with van der Waals surface area (Å²) in [6.07, 6.45) is 4.19. The Hall–Kier alpha value is -3.22. The molecule has 1 aromatic heterocycles. The summed E-state index contributed by atoms with van der Waals surface area (Å²) in [5, 5.41) is 11.1. The molecule has 0 aliphatic heterocycles. The zero-order chi connectivity index (χ0) is 24.9. The summed E-state index contributed by atoms with van der Waals surface area (Å²) in [7, 11) is 0. The molecule has 0 bridgehead atoms. The second-order valence-corrected chi connectivity index (χ2v) is 9.41. The van der Waals surface area contributed by atoms with Crippen LogP contribution in [-0.2, 0) is 19.4 Å². The number of benzene rings is 2. The van der Waals surface area contributed by atoms with E-state index in [1.807, 2.05) is 13.0 Å². The molecule has 0 saturated carbocycles. The Kier molecular flexibility index (Phi) is 7.83. The van der Waals surface area contributed by atoms with Gasteiger partial charge in [-0.05, 0) is 80.5 Å². The van der Waals surface area contributed by atoms with Gasteiger partial charge in [-0.25, -0.2) is 18.7 Å². The largest absolute Gasteiger partial charge is 0.385 e. The predicted molar refractivity (Wildman–Crippen MR) is 141 cm³/mol. The van der Waals surface area contributed by atoms with Gasteiger partial charge in [0.1, 0.15) is 11.6 Å². The van der Waals surface area contributed by atoms with Gasteiger partial charge in [-0.3, -0.25) is 0 Å². The van der Waals surface area contributed by atoms with Gasteiger partial charge < -0.3 is 16.0 Å². The predicted octanol–water partition coefficient (Wildman–Crippen LogP) is 7.52. The van der Waals surface area contributed by atoms with Crippen LogP contribution in [0.25, 0.3) is 10.9 Å². The number of unbranched alkanes of at least 4 members (excludes halogenated alkanes) is 2. The first-order valence-corrected chi connectivity index (χ1v) is 12.5. The Labute approximate surface area is 206 Å². The fourth-order valence-corrected chi connectivity index (χ4v) is 4.82. The molecule has 0 atom stereocenters. The minimum absolute atomic E-state index is 0.0202. The molecule has 3 aromatic rings. The molecular formula is C28H35F2N5. The fraction of sp³-hybridized carbons (Fsp3) is 0.429. The molecule has 0 unspecified atom stereocenters. The number of halogens is 2. The van der Waals surface area contributed by atoms with E-state index in [1.165, 1.54) is 41.8 Å². The molecule has 0 spiro atoms. The molecule has 4 rings (SSSR count). The van der Waals surface area contributed by atoms with Crippen molar-refractivity contribution in [3.05, 3.63) is 64.6 Å². The molecule has 0 radical (unpaired) electrons. The van der Waals surface area contributed by atoms with Crippen LogP contribution in [0.15, 0.2) is 36.5 Å². The van der Waals surface area contributed by atoms with Crippen molar-refractivity contribution in [2.45, 2.75) is 72.3 Å². The molecule has 2 aromatic carbocycles. The summed E-state index contributed by atoms with van der Waals surface area (Å²) in [5.74, 6) is 1.43. The van der Waals surface area contributed by atoms with Crippen molar-refractivity contribution in [1.82, 2.24) is 9.97 Å². The lowest BCUT2D eigenvalue weighted by atomic mass is 10.0. The average molecular weight is 480 g/mol. The van der Waals surface area contributed by atoms with Crippen molar-refractivity contribution in [3.8, 4) is 0 Å². The van der Waals surface area contributed by atoms with Gasteiger partial charge in [-0.1, -0.05) is 26.3 Å². The molecule has 35 heavy (non-hydrogen) atoms. The van der Waals surface area contributed by atoms with Crippen molar-refractivity contribution in [2.75, 3.05) is 22.5 Å². The Balaban J connectivity index is 1.67. The van der Waals surface area contributed by atoms with Gasteiger partial charge in [0.15, 0.2) is 0 Å². The number of rotatable bonds is 11. The van der Waals surface area contributed by atoms with Crippen LogP contribution in [0.1, 0.15) is 74.0 Å². The molecule has 5 nitrogen and oxygen atoms in total. The summed E-state index contributed by atoms with van der Waals surface area (Å²) >= 11 is 0. The third-order valence-electron chi connectivity index (χ3n) is 6.36. The summed E-state index contributed by atoms with van der Waals surface area (Å²) in [5.41, 5.74) is 6.87. The minimum Gasteiger partial charge on any atom is -0.385 e. The van der Waals surface area contributed by atoms with Crippen LogP contribution < -0.4 is 16.0 Å². The van der Waals surface area contributed by atoms with E-state index in [9.17, 15) is 8.78 Å². The van der Waals surface area contributed by atoms with Crippen molar-refractivity contribution in [3.63, 3.8) is 0 Å². The number of aryl methyl sites for hydroxylation is 2. The maximum Gasteiger partial charge on any atom is 0.263 e. The zero-order valence-corrected chi connectivity index (χ0v) is 20.9. The van der Waals surface area contributed by atoms with Crippen molar-refractivity contribution >= 4 is 28.1 Å². The first-order chi connectivity index (χ1) is 16.9. The van der Waals surface area contributed by atoms with Gasteiger partial charge in [-0.15, -0.1) is 0 Å². The summed E-state index contributed by atoms with van der Waals surface area (Å²) < 4.78 is 27.0. The Morgan fingerprint density at radius 1 is 1.06 bits per heavy atom. The lowest BCUT2D eigenvalue weighted by Crippen LogP contribution is -2.08. The van der Waals surface area contributed by atoms with Crippen LogP contribution in [0.4, 0.5) is 26.0 Å². The number of aromatic nitrogens is 2. The van der Waals surface area contributed by atoms with Gasteiger partial charge in [-0.2, -0.15) is 0 Å². The van der Waals surface area contributed by atoms with Gasteiger partial charge in [0.25, 0.3) is 6.43 Å². The maximum absolute atomic E-state index is 13.5. The third kappa shape index (κ3) is 5.89. The van der Waals surface area contributed by atoms with E-state index >= 15 is 0 Å². The van der Waals surface area contributed by atoms with E-state index in [4.69, 9.17) is 9.97 Å². The number of anilines is 3. The second-order valence-electron chi connectivity index (χ2n) is 9.41. The van der Waals surface area contributed by atoms with Gasteiger partial charge in [0, 0.05) is 41.1 Å². The van der Waals surface area contributed by atoms with Crippen LogP contribution in [0.3, 0.4) is 0 Å². The third-order valence-corrected chi connectivity index (χ3v) is 6.36. The Bertz CT molecular complexity index is 1220. The second kappa shape index (κ2) is 11.0. The number of alkyl halides is 2. The van der Waals surface area contributed by atoms with Crippen molar-refractivity contribution in [2.24, 2.45) is 0 Å². The van der Waals surface area contributed by atoms with Crippen LogP contribution >= 0.6 is 0 Å². The SMILES string of the molecule is C=C(C)Nc1cc(CNc2nc(C)nc3c4c(c(NCCCCC)cc23)CCC4)cc(C(F)F)c1. The highest BCUT2D eigenvalue weighted by Gasteiger charge is 2.21. The van der Waals surface area contributed by atoms with Crippen LogP contribution in [0, 0.1) is 6.92 Å². The lowest BCUT2D eigenvalue weighted by Gasteiger charge is -2.17. The normalized spacial score (nSPS) is 12.7. The van der Waals surface area contributed by atoms with E-state index < -0.39 is 6.43 Å². The van der Waals surface area contributed by atoms with Crippen molar-refractivity contribution in [1.29, 1.82) is 0 Å². The van der Waals surface area contributed by atoms with Crippen LogP contribution in [-0.4, -0.2) is 16.5 Å². The molecule has 1 heterocycles. The fourth-order valence-electron chi connectivity index (χ4n) is 4.82. The summed E-state index contributed by atoms with van der Waals surface area (Å²) in [4.78, 5) is 9.49. The van der Waals surface area contributed by atoms with Crippen LogP contribution in [0.2, 0.25) is 0 Å². The Morgan fingerprint density at radius 3 is 2.60 bits per heavy atom. The molecular weight excluding hydrogens is 444 g/mol. The molecule has 1 aliphatic rings. The van der Waals surface area contributed by atoms with Crippen LogP contribution in [0.5, 0.6) is 0 Å². The van der Waals surface area contributed by atoms with E-state index in [-0.39, 0.29) is 5.56 Å². The first kappa shape index (κ1) is 24.9. The molecule has 0 fully saturated rings. The molecule has 0 amide bonds. The average Bonchev–Trinajstić information content (AvgIpc) is 3.30. The summed E-state index contributed by atoms with van der Waals surface area (Å²) in [6.45, 7) is 11.0. The standard InChI is InChI=1S/C28H35F2N5/c1-5-6-7-11-31-25-15-24-26(23-10-8-9-22(23)25)34-18(4)35-28(24)32-16-19-12-20(27(29)30)14-21(13-19)33-17(2)3/h12-15,27,31,33H,2,5-11,16H2,1,3-4H3,(H,32,34,35). The smallest absolute Gasteiger partial charge is 0.263 e. The molecule has 0 saturated heterocycles. The molecule has 1 aliphatic carbocycles. The van der Waals surface area contributed by atoms with Gasteiger partial charge in [0.05, 0.1) is 5.52 Å². The maximum atomic E-state index is 13.5. The first-order valence-electron chi connectivity index (χ1n) is 12.5. The zero-order valence-electron chi connectivity index (χ0n) is 20.9. The minimum atomic E-state index is -2.55. The van der Waals surface area contributed by atoms with Gasteiger partial charge in [0.2, 0.25) is 0 Å². The van der Waals surface area contributed by atoms with E-state index in [1.54, 1.807) is 6.92 Å². The molecule has 7 heteroatoms. The van der Waals surface area contributed by atoms with Gasteiger partial charge >= 0.3 is 0 Å². The molecule has 186 valence electrons. The molecule has 3 N–H and O–H groups in total. The number of allylic oxidation sites excluding steroid dienone is 1. The quantitative estimate of drug-likeness (QED) is 0.248. The lowest BCUT2D eigenvalue weighted by molar-refractivity contribution is 0.151.